The number of nitrogens with zero attached hydrogens (tertiary/aromatic N) is 3. The van der Waals surface area contributed by atoms with Crippen molar-refractivity contribution in [1.29, 1.82) is 0 Å². The number of methoxy groups -OCH3 is 2. The predicted octanol–water partition coefficient (Wildman–Crippen LogP) is 3.80. The standard InChI is InChI=1S/C25H28N4O6S/c1-6-29-21(13-35-20-8-15(2)7-16(3)9-20)27-28-25(29)36-14-22(30)26-19-11-17(23(31)33-4)10-18(12-19)24(32)34-5/h7-12H,6,13-14H2,1-5H3,(H,26,30). The molecule has 190 valence electrons. The predicted molar refractivity (Wildman–Crippen MR) is 134 cm³/mol. The van der Waals surface area contributed by atoms with Crippen molar-refractivity contribution in [2.45, 2.75) is 39.1 Å². The van der Waals surface area contributed by atoms with Crippen LogP contribution in [0.1, 0.15) is 44.6 Å². The van der Waals surface area contributed by atoms with Crippen molar-refractivity contribution in [1.82, 2.24) is 14.8 Å². The molecular formula is C25H28N4O6S. The maximum Gasteiger partial charge on any atom is 0.337 e. The van der Waals surface area contributed by atoms with E-state index in [4.69, 9.17) is 14.2 Å². The molecule has 0 aliphatic carbocycles. The zero-order valence-electron chi connectivity index (χ0n) is 20.8. The molecule has 36 heavy (non-hydrogen) atoms. The summed E-state index contributed by atoms with van der Waals surface area (Å²) in [6.45, 7) is 6.83. The van der Waals surface area contributed by atoms with Crippen molar-refractivity contribution in [3.63, 3.8) is 0 Å². The largest absolute Gasteiger partial charge is 0.486 e. The number of amides is 1. The number of aryl methyl sites for hydroxylation is 2. The minimum absolute atomic E-state index is 0.0338. The number of hydrogen-bond acceptors (Lipinski definition) is 9. The van der Waals surface area contributed by atoms with Crippen molar-refractivity contribution < 1.29 is 28.6 Å². The lowest BCUT2D eigenvalue weighted by molar-refractivity contribution is -0.113. The molecule has 2 aromatic carbocycles. The molecule has 3 aromatic rings. The first-order valence-electron chi connectivity index (χ1n) is 11.1. The Hall–Kier alpha value is -3.86. The van der Waals surface area contributed by atoms with Gasteiger partial charge in [-0.05, 0) is 62.2 Å². The van der Waals surface area contributed by atoms with Crippen LogP contribution >= 0.6 is 11.8 Å². The van der Waals surface area contributed by atoms with Crippen LogP contribution < -0.4 is 10.1 Å². The number of benzene rings is 2. The number of aromatic nitrogens is 3. The summed E-state index contributed by atoms with van der Waals surface area (Å²) in [6, 6.07) is 10.2. The van der Waals surface area contributed by atoms with Crippen molar-refractivity contribution in [2.75, 3.05) is 25.3 Å². The van der Waals surface area contributed by atoms with Crippen LogP contribution in [0.4, 0.5) is 5.69 Å². The average Bonchev–Trinajstić information content (AvgIpc) is 3.26. The Kier molecular flexibility index (Phi) is 9.07. The zero-order valence-corrected chi connectivity index (χ0v) is 21.6. The van der Waals surface area contributed by atoms with E-state index < -0.39 is 11.9 Å². The molecule has 1 heterocycles. The van der Waals surface area contributed by atoms with Crippen LogP contribution in [-0.2, 0) is 27.4 Å². The van der Waals surface area contributed by atoms with Crippen molar-refractivity contribution >= 4 is 35.3 Å². The highest BCUT2D eigenvalue weighted by atomic mass is 32.2. The first-order valence-corrected chi connectivity index (χ1v) is 12.1. The molecular weight excluding hydrogens is 484 g/mol. The first-order chi connectivity index (χ1) is 17.2. The lowest BCUT2D eigenvalue weighted by atomic mass is 10.1. The highest BCUT2D eigenvalue weighted by Gasteiger charge is 2.17. The van der Waals surface area contributed by atoms with Gasteiger partial charge >= 0.3 is 11.9 Å². The van der Waals surface area contributed by atoms with E-state index in [-0.39, 0.29) is 35.1 Å². The van der Waals surface area contributed by atoms with E-state index in [1.165, 1.54) is 44.2 Å². The molecule has 0 fully saturated rings. The Bertz CT molecular complexity index is 1220. The number of ether oxygens (including phenoxy) is 3. The van der Waals surface area contributed by atoms with Gasteiger partial charge in [-0.2, -0.15) is 0 Å². The number of carbonyl (C=O) groups excluding carboxylic acids is 3. The summed E-state index contributed by atoms with van der Waals surface area (Å²) < 4.78 is 17.2. The van der Waals surface area contributed by atoms with Gasteiger partial charge in [0, 0.05) is 12.2 Å². The second-order valence-electron chi connectivity index (χ2n) is 7.87. The van der Waals surface area contributed by atoms with Crippen LogP contribution in [0.15, 0.2) is 41.6 Å². The maximum atomic E-state index is 12.6. The normalized spacial score (nSPS) is 10.6. The minimum Gasteiger partial charge on any atom is -0.486 e. The molecule has 0 spiro atoms. The topological polar surface area (TPSA) is 122 Å². The van der Waals surface area contributed by atoms with Crippen LogP contribution in [0.2, 0.25) is 0 Å². The summed E-state index contributed by atoms with van der Waals surface area (Å²) in [5.74, 6) is -0.196. The number of esters is 2. The molecule has 0 saturated heterocycles. The SMILES string of the molecule is CCn1c(COc2cc(C)cc(C)c2)nnc1SCC(=O)Nc1cc(C(=O)OC)cc(C(=O)OC)c1. The van der Waals surface area contributed by atoms with Gasteiger partial charge in [-0.15, -0.1) is 10.2 Å². The number of carbonyl (C=O) groups is 3. The van der Waals surface area contributed by atoms with Crippen molar-refractivity contribution in [3.8, 4) is 5.75 Å². The van der Waals surface area contributed by atoms with Gasteiger partial charge in [0.25, 0.3) is 0 Å². The molecule has 1 N–H and O–H groups in total. The summed E-state index contributed by atoms with van der Waals surface area (Å²) in [4.78, 5) is 36.5. The lowest BCUT2D eigenvalue weighted by Crippen LogP contribution is -2.16. The maximum absolute atomic E-state index is 12.6. The van der Waals surface area contributed by atoms with Crippen molar-refractivity contribution in [2.24, 2.45) is 0 Å². The van der Waals surface area contributed by atoms with Crippen LogP contribution in [0.25, 0.3) is 0 Å². The Morgan fingerprint density at radius 3 is 2.08 bits per heavy atom. The third-order valence-electron chi connectivity index (χ3n) is 5.06. The molecule has 10 nitrogen and oxygen atoms in total. The smallest absolute Gasteiger partial charge is 0.337 e. The van der Waals surface area contributed by atoms with Gasteiger partial charge in [0.15, 0.2) is 11.0 Å². The highest BCUT2D eigenvalue weighted by Crippen LogP contribution is 2.22. The molecule has 0 radical (unpaired) electrons. The van der Waals surface area contributed by atoms with E-state index in [1.54, 1.807) is 0 Å². The summed E-state index contributed by atoms with van der Waals surface area (Å²) in [5.41, 5.74) is 2.72. The van der Waals surface area contributed by atoms with Gasteiger partial charge in [-0.25, -0.2) is 9.59 Å². The molecule has 1 amide bonds. The van der Waals surface area contributed by atoms with Crippen LogP contribution in [0.5, 0.6) is 5.75 Å². The zero-order chi connectivity index (χ0) is 26.2. The summed E-state index contributed by atoms with van der Waals surface area (Å²) in [7, 11) is 2.46. The van der Waals surface area contributed by atoms with Crippen LogP contribution in [-0.4, -0.2) is 52.6 Å². The van der Waals surface area contributed by atoms with Gasteiger partial charge < -0.3 is 24.1 Å². The second-order valence-corrected chi connectivity index (χ2v) is 8.82. The number of thioether (sulfide) groups is 1. The Balaban J connectivity index is 1.66. The lowest BCUT2D eigenvalue weighted by Gasteiger charge is -2.11. The average molecular weight is 513 g/mol. The van der Waals surface area contributed by atoms with Crippen LogP contribution in [0.3, 0.4) is 0 Å². The molecule has 0 aliphatic heterocycles. The van der Waals surface area contributed by atoms with E-state index in [9.17, 15) is 14.4 Å². The molecule has 1 aromatic heterocycles. The molecule has 0 atom stereocenters. The van der Waals surface area contributed by atoms with E-state index in [1.807, 2.05) is 37.5 Å². The summed E-state index contributed by atoms with van der Waals surface area (Å²) in [5, 5.41) is 11.7. The van der Waals surface area contributed by atoms with E-state index in [2.05, 4.69) is 21.6 Å². The van der Waals surface area contributed by atoms with E-state index >= 15 is 0 Å². The summed E-state index contributed by atoms with van der Waals surface area (Å²) in [6.07, 6.45) is 0. The van der Waals surface area contributed by atoms with Gasteiger partial charge in [-0.3, -0.25) is 4.79 Å². The molecule has 0 bridgehead atoms. The third kappa shape index (κ3) is 6.85. The van der Waals surface area contributed by atoms with Gasteiger partial charge in [0.1, 0.15) is 12.4 Å². The molecule has 0 unspecified atom stereocenters. The van der Waals surface area contributed by atoms with E-state index in [0.717, 1.165) is 16.9 Å². The Morgan fingerprint density at radius 1 is 0.917 bits per heavy atom. The third-order valence-corrected chi connectivity index (χ3v) is 6.03. The monoisotopic (exact) mass is 512 g/mol. The fourth-order valence-electron chi connectivity index (χ4n) is 3.51. The first kappa shape index (κ1) is 26.7. The van der Waals surface area contributed by atoms with E-state index in [0.29, 0.717) is 17.5 Å². The number of hydrogen-bond donors (Lipinski definition) is 1. The summed E-state index contributed by atoms with van der Waals surface area (Å²) >= 11 is 1.21. The molecule has 0 aliphatic rings. The minimum atomic E-state index is -0.641. The van der Waals surface area contributed by atoms with Crippen LogP contribution in [0, 0.1) is 13.8 Å². The quantitative estimate of drug-likeness (QED) is 0.319. The van der Waals surface area contributed by atoms with Gasteiger partial charge in [0.2, 0.25) is 5.91 Å². The van der Waals surface area contributed by atoms with Crippen molar-refractivity contribution in [3.05, 3.63) is 64.5 Å². The second kappa shape index (κ2) is 12.2. The number of rotatable bonds is 10. The fourth-order valence-corrected chi connectivity index (χ4v) is 4.33. The van der Waals surface area contributed by atoms with Gasteiger partial charge in [-0.1, -0.05) is 17.8 Å². The molecule has 0 saturated carbocycles. The molecule has 11 heteroatoms. The van der Waals surface area contributed by atoms with Gasteiger partial charge in [0.05, 0.1) is 31.1 Å². The number of anilines is 1. The number of nitrogens with one attached hydrogen (secondary N) is 1. The fraction of sp³-hybridized carbons (Fsp3) is 0.320. The molecule has 3 rings (SSSR count). The Labute approximate surface area is 213 Å². The Morgan fingerprint density at radius 2 is 1.53 bits per heavy atom. The highest BCUT2D eigenvalue weighted by molar-refractivity contribution is 7.99.